The molecule has 0 aromatic heterocycles. The van der Waals surface area contributed by atoms with E-state index in [0.717, 1.165) is 10.4 Å². The molecule has 1 fully saturated rings. The van der Waals surface area contributed by atoms with E-state index in [1.54, 1.807) is 0 Å². The number of sulfonamides is 1. The highest BCUT2D eigenvalue weighted by molar-refractivity contribution is 7.89. The zero-order valence-electron chi connectivity index (χ0n) is 9.93. The van der Waals surface area contributed by atoms with Gasteiger partial charge < -0.3 is 10.8 Å². The second kappa shape index (κ2) is 4.49. The van der Waals surface area contributed by atoms with Crippen LogP contribution >= 0.6 is 0 Å². The van der Waals surface area contributed by atoms with E-state index in [4.69, 9.17) is 5.73 Å². The first-order valence-corrected chi connectivity index (χ1v) is 7.00. The van der Waals surface area contributed by atoms with Crippen molar-refractivity contribution in [1.82, 2.24) is 4.31 Å². The topological polar surface area (TPSA) is 83.6 Å². The molecule has 1 aromatic rings. The minimum atomic E-state index is -3.93. The van der Waals surface area contributed by atoms with Crippen molar-refractivity contribution in [2.75, 3.05) is 18.8 Å². The zero-order valence-corrected chi connectivity index (χ0v) is 10.7. The van der Waals surface area contributed by atoms with Crippen molar-refractivity contribution in [3.63, 3.8) is 0 Å². The molecule has 0 aliphatic carbocycles. The predicted octanol–water partition coefficient (Wildman–Crippen LogP) is 0.472. The van der Waals surface area contributed by atoms with Crippen LogP contribution in [0.15, 0.2) is 17.0 Å². The molecule has 1 aromatic carbocycles. The Morgan fingerprint density at radius 2 is 2.17 bits per heavy atom. The minimum absolute atomic E-state index is 0.00435. The van der Waals surface area contributed by atoms with Gasteiger partial charge in [0.1, 0.15) is 10.7 Å². The lowest BCUT2D eigenvalue weighted by atomic mass is 10.2. The van der Waals surface area contributed by atoms with Crippen LogP contribution in [0.25, 0.3) is 0 Å². The Labute approximate surface area is 105 Å². The predicted molar refractivity (Wildman–Crippen MR) is 64.9 cm³/mol. The third kappa shape index (κ3) is 2.21. The molecule has 0 saturated carbocycles. The Morgan fingerprint density at radius 1 is 1.50 bits per heavy atom. The second-order valence-corrected chi connectivity index (χ2v) is 6.36. The Morgan fingerprint density at radius 3 is 2.72 bits per heavy atom. The number of anilines is 1. The van der Waals surface area contributed by atoms with Crippen molar-refractivity contribution in [2.24, 2.45) is 0 Å². The molecule has 100 valence electrons. The van der Waals surface area contributed by atoms with Gasteiger partial charge in [-0.3, -0.25) is 0 Å². The molecule has 0 bridgehead atoms. The van der Waals surface area contributed by atoms with E-state index in [1.165, 1.54) is 13.0 Å². The number of hydrogen-bond acceptors (Lipinski definition) is 4. The zero-order chi connectivity index (χ0) is 13.5. The number of halogens is 1. The molecule has 1 atom stereocenters. The largest absolute Gasteiger partial charge is 0.399 e. The highest BCUT2D eigenvalue weighted by Gasteiger charge is 2.33. The van der Waals surface area contributed by atoms with Gasteiger partial charge in [0.2, 0.25) is 10.0 Å². The van der Waals surface area contributed by atoms with Crippen LogP contribution in [0, 0.1) is 12.7 Å². The highest BCUT2D eigenvalue weighted by atomic mass is 32.2. The maximum atomic E-state index is 13.9. The summed E-state index contributed by atoms with van der Waals surface area (Å²) in [6, 6.07) is 2.50. The number of nitrogens with two attached hydrogens (primary N) is 1. The summed E-state index contributed by atoms with van der Waals surface area (Å²) in [6.07, 6.45) is -0.327. The van der Waals surface area contributed by atoms with Gasteiger partial charge in [-0.05, 0) is 31.0 Å². The second-order valence-electron chi connectivity index (χ2n) is 4.46. The number of benzene rings is 1. The number of aryl methyl sites for hydroxylation is 1. The van der Waals surface area contributed by atoms with Crippen molar-refractivity contribution < 1.29 is 17.9 Å². The van der Waals surface area contributed by atoms with Crippen molar-refractivity contribution in [3.8, 4) is 0 Å². The standard InChI is InChI=1S/C11H15FN2O3S/c1-7-4-8(13)5-10(11(7)12)18(16,17)14-3-2-9(15)6-14/h4-5,9,15H,2-3,6,13H2,1H3/t9-/m0/s1. The molecule has 0 unspecified atom stereocenters. The summed E-state index contributed by atoms with van der Waals surface area (Å²) in [5.74, 6) is -0.786. The lowest BCUT2D eigenvalue weighted by Gasteiger charge is -2.17. The highest BCUT2D eigenvalue weighted by Crippen LogP contribution is 2.26. The molecular weight excluding hydrogens is 259 g/mol. The quantitative estimate of drug-likeness (QED) is 0.768. The maximum absolute atomic E-state index is 13.9. The van der Waals surface area contributed by atoms with Crippen LogP contribution < -0.4 is 5.73 Å². The van der Waals surface area contributed by atoms with Crippen molar-refractivity contribution in [3.05, 3.63) is 23.5 Å². The van der Waals surface area contributed by atoms with Gasteiger partial charge in [0.05, 0.1) is 6.10 Å². The summed E-state index contributed by atoms with van der Waals surface area (Å²) < 4.78 is 39.4. The van der Waals surface area contributed by atoms with Crippen molar-refractivity contribution in [1.29, 1.82) is 0 Å². The molecule has 18 heavy (non-hydrogen) atoms. The fourth-order valence-corrected chi connectivity index (χ4v) is 3.68. The van der Waals surface area contributed by atoms with Gasteiger partial charge in [0, 0.05) is 18.8 Å². The van der Waals surface area contributed by atoms with Gasteiger partial charge in [-0.2, -0.15) is 4.31 Å². The Balaban J connectivity index is 2.48. The van der Waals surface area contributed by atoms with Crippen LogP contribution in [0.3, 0.4) is 0 Å². The number of aliphatic hydroxyl groups is 1. The van der Waals surface area contributed by atoms with Crippen LogP contribution in [-0.4, -0.2) is 37.0 Å². The minimum Gasteiger partial charge on any atom is -0.399 e. The Kier molecular flexibility index (Phi) is 3.31. The fraction of sp³-hybridized carbons (Fsp3) is 0.455. The van der Waals surface area contributed by atoms with Gasteiger partial charge in [-0.25, -0.2) is 12.8 Å². The van der Waals surface area contributed by atoms with Crippen LogP contribution in [-0.2, 0) is 10.0 Å². The summed E-state index contributed by atoms with van der Waals surface area (Å²) in [7, 11) is -3.93. The molecule has 0 spiro atoms. The molecule has 0 amide bonds. The number of nitrogens with zero attached hydrogens (tertiary/aromatic N) is 1. The third-order valence-corrected chi connectivity index (χ3v) is 4.85. The van der Waals surface area contributed by atoms with E-state index in [2.05, 4.69) is 0 Å². The number of β-amino-alcohol motifs (C(OH)–C–C–N with tert-alkyl or cyclic N) is 1. The van der Waals surface area contributed by atoms with Crippen molar-refractivity contribution in [2.45, 2.75) is 24.3 Å². The van der Waals surface area contributed by atoms with E-state index in [-0.39, 0.29) is 24.3 Å². The molecule has 1 saturated heterocycles. The van der Waals surface area contributed by atoms with E-state index < -0.39 is 26.8 Å². The monoisotopic (exact) mass is 274 g/mol. The number of nitrogen functional groups attached to an aromatic ring is 1. The third-order valence-electron chi connectivity index (χ3n) is 2.99. The average Bonchev–Trinajstić information content (AvgIpc) is 2.70. The first kappa shape index (κ1) is 13.3. The molecule has 1 aliphatic heterocycles. The van der Waals surface area contributed by atoms with Gasteiger partial charge in [-0.1, -0.05) is 0 Å². The van der Waals surface area contributed by atoms with E-state index in [9.17, 15) is 17.9 Å². The molecule has 1 aliphatic rings. The number of rotatable bonds is 2. The lowest BCUT2D eigenvalue weighted by Crippen LogP contribution is -2.30. The van der Waals surface area contributed by atoms with Crippen LogP contribution in [0.2, 0.25) is 0 Å². The van der Waals surface area contributed by atoms with Gasteiger partial charge in [0.25, 0.3) is 0 Å². The van der Waals surface area contributed by atoms with Crippen molar-refractivity contribution >= 4 is 15.7 Å². The summed E-state index contributed by atoms with van der Waals surface area (Å²) in [6.45, 7) is 1.65. The van der Waals surface area contributed by atoms with Crippen LogP contribution in [0.5, 0.6) is 0 Å². The average molecular weight is 274 g/mol. The van der Waals surface area contributed by atoms with Gasteiger partial charge in [0.15, 0.2) is 0 Å². The van der Waals surface area contributed by atoms with Gasteiger partial charge >= 0.3 is 0 Å². The summed E-state index contributed by atoms with van der Waals surface area (Å²) >= 11 is 0. The summed E-state index contributed by atoms with van der Waals surface area (Å²) in [5.41, 5.74) is 5.94. The maximum Gasteiger partial charge on any atom is 0.246 e. The molecule has 1 heterocycles. The Bertz CT molecular complexity index is 574. The molecule has 0 radical (unpaired) electrons. The van der Waals surface area contributed by atoms with Crippen LogP contribution in [0.4, 0.5) is 10.1 Å². The van der Waals surface area contributed by atoms with E-state index >= 15 is 0 Å². The smallest absolute Gasteiger partial charge is 0.246 e. The first-order chi connectivity index (χ1) is 8.32. The first-order valence-electron chi connectivity index (χ1n) is 5.56. The molecule has 2 rings (SSSR count). The van der Waals surface area contributed by atoms with E-state index in [1.807, 2.05) is 0 Å². The lowest BCUT2D eigenvalue weighted by molar-refractivity contribution is 0.189. The number of aliphatic hydroxyl groups excluding tert-OH is 1. The fourth-order valence-electron chi connectivity index (χ4n) is 2.02. The molecule has 3 N–H and O–H groups in total. The van der Waals surface area contributed by atoms with E-state index in [0.29, 0.717) is 6.42 Å². The Hall–Kier alpha value is -1.18. The molecule has 7 heteroatoms. The van der Waals surface area contributed by atoms with Gasteiger partial charge in [-0.15, -0.1) is 0 Å². The molecular formula is C11H15FN2O3S. The summed E-state index contributed by atoms with van der Waals surface area (Å²) in [4.78, 5) is -0.422. The molecule has 5 nitrogen and oxygen atoms in total. The SMILES string of the molecule is Cc1cc(N)cc(S(=O)(=O)N2CC[C@H](O)C2)c1F. The normalized spacial score (nSPS) is 21.4. The summed E-state index contributed by atoms with van der Waals surface area (Å²) in [5, 5.41) is 9.36. The number of hydrogen-bond donors (Lipinski definition) is 2. The van der Waals surface area contributed by atoms with Crippen LogP contribution in [0.1, 0.15) is 12.0 Å².